The maximum Gasteiger partial charge on any atom is 0.225 e. The Bertz CT molecular complexity index is 1020. The van der Waals surface area contributed by atoms with Crippen molar-refractivity contribution in [2.24, 2.45) is 5.73 Å². The van der Waals surface area contributed by atoms with E-state index in [1.165, 1.54) is 0 Å². The van der Waals surface area contributed by atoms with Crippen molar-refractivity contribution >= 4 is 21.8 Å². The first-order chi connectivity index (χ1) is 12.9. The van der Waals surface area contributed by atoms with Crippen LogP contribution in [0.1, 0.15) is 25.7 Å². The summed E-state index contributed by atoms with van der Waals surface area (Å²) < 4.78 is 10.6. The second-order valence-electron chi connectivity index (χ2n) is 6.67. The van der Waals surface area contributed by atoms with Gasteiger partial charge in [-0.05, 0) is 32.0 Å². The predicted molar refractivity (Wildman–Crippen MR) is 103 cm³/mol. The molecule has 1 aliphatic rings. The van der Waals surface area contributed by atoms with Crippen LogP contribution in [0.5, 0.6) is 5.75 Å². The fourth-order valence-electron chi connectivity index (χ4n) is 3.10. The summed E-state index contributed by atoms with van der Waals surface area (Å²) in [5.41, 5.74) is 6.93. The lowest BCUT2D eigenvalue weighted by molar-refractivity contribution is -0.117. The molecule has 3 heterocycles. The van der Waals surface area contributed by atoms with Crippen LogP contribution >= 0.6 is 15.9 Å². The molecule has 9 heteroatoms. The molecule has 0 atom stereocenters. The minimum atomic E-state index is -0.459. The highest BCUT2D eigenvalue weighted by Crippen LogP contribution is 2.35. The molecule has 0 spiro atoms. The normalized spacial score (nSPS) is 13.0. The van der Waals surface area contributed by atoms with Crippen LogP contribution in [-0.4, -0.2) is 36.8 Å². The zero-order valence-corrected chi connectivity index (χ0v) is 16.6. The number of carbonyl (C=O) groups excluding carboxylic acids is 1. The molecule has 27 heavy (non-hydrogen) atoms. The molecule has 0 unspecified atom stereocenters. The fraction of sp³-hybridized carbons (Fsp3) is 0.333. The van der Waals surface area contributed by atoms with Gasteiger partial charge >= 0.3 is 0 Å². The number of fused-ring (bicyclic) bond motifs is 3. The Morgan fingerprint density at radius 3 is 2.89 bits per heavy atom. The Morgan fingerprint density at radius 1 is 1.33 bits per heavy atom. The molecule has 1 amide bonds. The van der Waals surface area contributed by atoms with Crippen molar-refractivity contribution in [1.82, 2.24) is 24.3 Å². The first-order valence-electron chi connectivity index (χ1n) is 8.66. The van der Waals surface area contributed by atoms with Gasteiger partial charge in [-0.2, -0.15) is 5.10 Å². The molecule has 0 aliphatic carbocycles. The van der Waals surface area contributed by atoms with E-state index < -0.39 is 5.91 Å². The van der Waals surface area contributed by atoms with E-state index in [4.69, 9.17) is 15.5 Å². The highest BCUT2D eigenvalue weighted by molar-refractivity contribution is 9.10. The lowest BCUT2D eigenvalue weighted by Crippen LogP contribution is -2.15. The first kappa shape index (κ1) is 17.7. The Balaban J connectivity index is 1.82. The van der Waals surface area contributed by atoms with Gasteiger partial charge in [-0.3, -0.25) is 4.79 Å². The van der Waals surface area contributed by atoms with Gasteiger partial charge in [0.05, 0.1) is 18.5 Å². The fourth-order valence-corrected chi connectivity index (χ4v) is 3.44. The van der Waals surface area contributed by atoms with Crippen molar-refractivity contribution in [3.63, 3.8) is 0 Å². The van der Waals surface area contributed by atoms with Crippen molar-refractivity contribution in [3.05, 3.63) is 34.7 Å². The lowest BCUT2D eigenvalue weighted by Gasteiger charge is -2.08. The van der Waals surface area contributed by atoms with Crippen molar-refractivity contribution in [2.75, 3.05) is 6.61 Å². The van der Waals surface area contributed by atoms with Gasteiger partial charge in [0.2, 0.25) is 5.91 Å². The van der Waals surface area contributed by atoms with E-state index in [2.05, 4.69) is 30.6 Å². The standard InChI is InChI=1S/C18H19BrN6O2/c1-10(2)25-18(22-16(23-25)8-15(20)26)13-9-24-5-6-27-14-7-11(19)3-4-12(14)17(24)21-13/h3-4,7,9-10H,5-6,8H2,1-2H3,(H2,20,26). The molecule has 3 aromatic rings. The third-order valence-electron chi connectivity index (χ3n) is 4.28. The van der Waals surface area contributed by atoms with Gasteiger partial charge in [-0.25, -0.2) is 14.6 Å². The monoisotopic (exact) mass is 430 g/mol. The number of rotatable bonds is 4. The summed E-state index contributed by atoms with van der Waals surface area (Å²) in [6, 6.07) is 5.97. The molecule has 140 valence electrons. The Kier molecular flexibility index (Phi) is 4.47. The van der Waals surface area contributed by atoms with Crippen LogP contribution in [0.25, 0.3) is 22.9 Å². The number of nitrogens with zero attached hydrogens (tertiary/aromatic N) is 5. The number of hydrogen-bond donors (Lipinski definition) is 1. The molecule has 1 aromatic carbocycles. The number of imidazole rings is 1. The van der Waals surface area contributed by atoms with E-state index in [1.807, 2.05) is 38.2 Å². The van der Waals surface area contributed by atoms with E-state index >= 15 is 0 Å². The van der Waals surface area contributed by atoms with Crippen LogP contribution in [0.3, 0.4) is 0 Å². The van der Waals surface area contributed by atoms with E-state index in [0.29, 0.717) is 30.5 Å². The number of primary amides is 1. The smallest absolute Gasteiger partial charge is 0.225 e. The minimum Gasteiger partial charge on any atom is -0.491 e. The average Bonchev–Trinajstić information content (AvgIpc) is 3.15. The second kappa shape index (κ2) is 6.80. The quantitative estimate of drug-likeness (QED) is 0.685. The van der Waals surface area contributed by atoms with Gasteiger partial charge in [-0.15, -0.1) is 0 Å². The molecule has 0 saturated carbocycles. The molecule has 2 aromatic heterocycles. The number of carbonyl (C=O) groups is 1. The van der Waals surface area contributed by atoms with Gasteiger partial charge < -0.3 is 15.0 Å². The highest BCUT2D eigenvalue weighted by atomic mass is 79.9. The molecule has 2 N–H and O–H groups in total. The summed E-state index contributed by atoms with van der Waals surface area (Å²) in [5.74, 6) is 2.18. The number of nitrogens with two attached hydrogens (primary N) is 1. The van der Waals surface area contributed by atoms with Gasteiger partial charge in [0.15, 0.2) is 11.6 Å². The summed E-state index contributed by atoms with van der Waals surface area (Å²) in [5, 5.41) is 4.43. The van der Waals surface area contributed by atoms with Crippen LogP contribution in [0, 0.1) is 0 Å². The van der Waals surface area contributed by atoms with Gasteiger partial charge in [0.1, 0.15) is 23.9 Å². The number of aromatic nitrogens is 5. The zero-order valence-electron chi connectivity index (χ0n) is 15.0. The van der Waals surface area contributed by atoms with E-state index in [1.54, 1.807) is 4.68 Å². The van der Waals surface area contributed by atoms with Crippen LogP contribution in [0.4, 0.5) is 0 Å². The minimum absolute atomic E-state index is 0.00495. The lowest BCUT2D eigenvalue weighted by atomic mass is 10.2. The molecule has 1 aliphatic heterocycles. The third kappa shape index (κ3) is 3.34. The van der Waals surface area contributed by atoms with Crippen molar-refractivity contribution < 1.29 is 9.53 Å². The summed E-state index contributed by atoms with van der Waals surface area (Å²) in [6.07, 6.45) is 1.96. The number of benzene rings is 1. The number of amides is 1. The molecular formula is C18H19BrN6O2. The second-order valence-corrected chi connectivity index (χ2v) is 7.58. The maximum absolute atomic E-state index is 11.3. The average molecular weight is 431 g/mol. The van der Waals surface area contributed by atoms with E-state index in [9.17, 15) is 4.79 Å². The van der Waals surface area contributed by atoms with Gasteiger partial charge in [0.25, 0.3) is 0 Å². The molecule has 8 nitrogen and oxygen atoms in total. The van der Waals surface area contributed by atoms with Gasteiger partial charge in [-0.1, -0.05) is 15.9 Å². The Labute approximate surface area is 164 Å². The molecule has 0 saturated heterocycles. The first-order valence-corrected chi connectivity index (χ1v) is 9.45. The van der Waals surface area contributed by atoms with Crippen molar-refractivity contribution in [1.29, 1.82) is 0 Å². The Hall–Kier alpha value is -2.68. The number of hydrogen-bond acceptors (Lipinski definition) is 5. The SMILES string of the molecule is CC(C)n1nc(CC(N)=O)nc1-c1cn2c(n1)-c1ccc(Br)cc1OCC2. The summed E-state index contributed by atoms with van der Waals surface area (Å²) >= 11 is 3.48. The number of ether oxygens (including phenoxy) is 1. The Morgan fingerprint density at radius 2 is 2.15 bits per heavy atom. The van der Waals surface area contributed by atoms with Gasteiger partial charge in [0, 0.05) is 16.7 Å². The molecule has 0 fully saturated rings. The molecular weight excluding hydrogens is 412 g/mol. The summed E-state index contributed by atoms with van der Waals surface area (Å²) in [6.45, 7) is 5.25. The van der Waals surface area contributed by atoms with Crippen LogP contribution in [0.15, 0.2) is 28.9 Å². The van der Waals surface area contributed by atoms with E-state index in [0.717, 1.165) is 21.6 Å². The zero-order chi connectivity index (χ0) is 19.1. The highest BCUT2D eigenvalue weighted by Gasteiger charge is 2.23. The maximum atomic E-state index is 11.3. The molecule has 4 rings (SSSR count). The molecule has 0 bridgehead atoms. The van der Waals surface area contributed by atoms with Crippen LogP contribution in [0.2, 0.25) is 0 Å². The van der Waals surface area contributed by atoms with Crippen molar-refractivity contribution in [3.8, 4) is 28.7 Å². The number of halogens is 1. The summed E-state index contributed by atoms with van der Waals surface area (Å²) in [4.78, 5) is 20.6. The van der Waals surface area contributed by atoms with Crippen molar-refractivity contribution in [2.45, 2.75) is 32.9 Å². The van der Waals surface area contributed by atoms with E-state index in [-0.39, 0.29) is 12.5 Å². The van der Waals surface area contributed by atoms with Crippen LogP contribution < -0.4 is 10.5 Å². The largest absolute Gasteiger partial charge is 0.491 e. The molecule has 0 radical (unpaired) electrons. The predicted octanol–water partition coefficient (Wildman–Crippen LogP) is 2.57. The summed E-state index contributed by atoms with van der Waals surface area (Å²) in [7, 11) is 0. The topological polar surface area (TPSA) is 101 Å². The van der Waals surface area contributed by atoms with Crippen LogP contribution in [-0.2, 0) is 17.8 Å². The third-order valence-corrected chi connectivity index (χ3v) is 4.77.